The van der Waals surface area contributed by atoms with Gasteiger partial charge in [0.25, 0.3) is 0 Å². The lowest BCUT2D eigenvalue weighted by Crippen LogP contribution is -2.24. The van der Waals surface area contributed by atoms with E-state index in [1.165, 1.54) is 0 Å². The molecule has 0 radical (unpaired) electrons. The van der Waals surface area contributed by atoms with Crippen molar-refractivity contribution in [2.24, 2.45) is 5.92 Å². The summed E-state index contributed by atoms with van der Waals surface area (Å²) in [6.45, 7) is 0. The molecule has 1 aromatic rings. The summed E-state index contributed by atoms with van der Waals surface area (Å²) in [4.78, 5) is 12.7. The van der Waals surface area contributed by atoms with Crippen LogP contribution in [-0.2, 0) is 15.6 Å². The topological polar surface area (TPSA) is 46.2 Å². The molecule has 1 aliphatic carbocycles. The first-order valence-corrected chi connectivity index (χ1v) is 8.11. The standard InChI is InChI=1S/C14H16ClNO2S/c1-19(18)13-11(15)8-5-9-12(13)16-14(17)10-6-3-2-4-7-10/h2-3,5,8-10H,4,6-7H2,1H3,(H,16,17). The number of nitrogens with one attached hydrogen (secondary N) is 1. The van der Waals surface area contributed by atoms with E-state index in [-0.39, 0.29) is 11.8 Å². The van der Waals surface area contributed by atoms with Crippen molar-refractivity contribution in [3.05, 3.63) is 35.4 Å². The van der Waals surface area contributed by atoms with E-state index < -0.39 is 10.8 Å². The molecule has 19 heavy (non-hydrogen) atoms. The van der Waals surface area contributed by atoms with Crippen molar-refractivity contribution in [3.8, 4) is 0 Å². The monoisotopic (exact) mass is 297 g/mol. The van der Waals surface area contributed by atoms with Crippen LogP contribution in [-0.4, -0.2) is 16.4 Å². The second-order valence-electron chi connectivity index (χ2n) is 4.54. The predicted molar refractivity (Wildman–Crippen MR) is 78.9 cm³/mol. The van der Waals surface area contributed by atoms with Gasteiger partial charge in [-0.05, 0) is 31.4 Å². The zero-order chi connectivity index (χ0) is 13.8. The number of halogens is 1. The molecule has 3 nitrogen and oxygen atoms in total. The average molecular weight is 298 g/mol. The number of carbonyl (C=O) groups is 1. The second kappa shape index (κ2) is 6.35. The quantitative estimate of drug-likeness (QED) is 0.870. The molecule has 0 heterocycles. The Labute approximate surface area is 120 Å². The van der Waals surface area contributed by atoms with Crippen LogP contribution in [0.1, 0.15) is 19.3 Å². The molecule has 1 aromatic carbocycles. The fraction of sp³-hybridized carbons (Fsp3) is 0.357. The molecule has 0 saturated carbocycles. The Balaban J connectivity index is 2.19. The van der Waals surface area contributed by atoms with Crippen LogP contribution in [0.4, 0.5) is 5.69 Å². The Hall–Kier alpha value is -1.13. The van der Waals surface area contributed by atoms with Crippen molar-refractivity contribution in [1.29, 1.82) is 0 Å². The van der Waals surface area contributed by atoms with Gasteiger partial charge in [-0.3, -0.25) is 9.00 Å². The fourth-order valence-corrected chi connectivity index (χ4v) is 3.44. The Morgan fingerprint density at radius 2 is 2.21 bits per heavy atom. The molecule has 102 valence electrons. The van der Waals surface area contributed by atoms with Gasteiger partial charge in [0.1, 0.15) is 0 Å². The van der Waals surface area contributed by atoms with Crippen molar-refractivity contribution in [2.75, 3.05) is 11.6 Å². The lowest BCUT2D eigenvalue weighted by atomic mass is 9.93. The third kappa shape index (κ3) is 3.45. The Morgan fingerprint density at radius 1 is 1.42 bits per heavy atom. The van der Waals surface area contributed by atoms with E-state index >= 15 is 0 Å². The summed E-state index contributed by atoms with van der Waals surface area (Å²) in [5.41, 5.74) is 0.549. The van der Waals surface area contributed by atoms with Crippen molar-refractivity contribution in [1.82, 2.24) is 0 Å². The number of amides is 1. The van der Waals surface area contributed by atoms with E-state index in [0.29, 0.717) is 15.6 Å². The molecule has 2 atom stereocenters. The van der Waals surface area contributed by atoms with Crippen molar-refractivity contribution in [2.45, 2.75) is 24.2 Å². The number of anilines is 1. The zero-order valence-corrected chi connectivity index (χ0v) is 12.3. The van der Waals surface area contributed by atoms with E-state index in [9.17, 15) is 9.00 Å². The van der Waals surface area contributed by atoms with Gasteiger partial charge < -0.3 is 5.32 Å². The lowest BCUT2D eigenvalue weighted by Gasteiger charge is -2.18. The fourth-order valence-electron chi connectivity index (χ4n) is 2.17. The number of benzene rings is 1. The Kier molecular flexibility index (Phi) is 4.77. The van der Waals surface area contributed by atoms with Crippen molar-refractivity contribution >= 4 is 34.0 Å². The van der Waals surface area contributed by atoms with Gasteiger partial charge >= 0.3 is 0 Å². The Morgan fingerprint density at radius 3 is 2.84 bits per heavy atom. The number of hydrogen-bond acceptors (Lipinski definition) is 2. The zero-order valence-electron chi connectivity index (χ0n) is 10.7. The van der Waals surface area contributed by atoms with Gasteiger partial charge in [-0.2, -0.15) is 0 Å². The van der Waals surface area contributed by atoms with Gasteiger partial charge in [0.15, 0.2) is 0 Å². The minimum Gasteiger partial charge on any atom is -0.325 e. The smallest absolute Gasteiger partial charge is 0.227 e. The molecule has 0 bridgehead atoms. The third-order valence-electron chi connectivity index (χ3n) is 3.15. The molecule has 2 rings (SSSR count). The number of allylic oxidation sites excluding steroid dienone is 2. The molecule has 1 N–H and O–H groups in total. The van der Waals surface area contributed by atoms with E-state index in [2.05, 4.69) is 11.4 Å². The van der Waals surface area contributed by atoms with Gasteiger partial charge in [0.05, 0.1) is 26.4 Å². The van der Waals surface area contributed by atoms with Gasteiger partial charge in [0, 0.05) is 12.2 Å². The number of hydrogen-bond donors (Lipinski definition) is 1. The molecule has 0 aromatic heterocycles. The van der Waals surface area contributed by atoms with Gasteiger partial charge in [-0.1, -0.05) is 29.8 Å². The number of rotatable bonds is 3. The summed E-state index contributed by atoms with van der Waals surface area (Å²) in [6, 6.07) is 5.16. The highest BCUT2D eigenvalue weighted by molar-refractivity contribution is 7.84. The summed E-state index contributed by atoms with van der Waals surface area (Å²) in [6.07, 6.45) is 8.23. The van der Waals surface area contributed by atoms with Crippen LogP contribution in [0.5, 0.6) is 0 Å². The summed E-state index contributed by atoms with van der Waals surface area (Å²) < 4.78 is 11.7. The van der Waals surface area contributed by atoms with Crippen molar-refractivity contribution in [3.63, 3.8) is 0 Å². The van der Waals surface area contributed by atoms with Crippen LogP contribution in [0.3, 0.4) is 0 Å². The summed E-state index contributed by atoms with van der Waals surface area (Å²) in [5.74, 6) is -0.0413. The summed E-state index contributed by atoms with van der Waals surface area (Å²) >= 11 is 6.04. The van der Waals surface area contributed by atoms with Crippen LogP contribution in [0.15, 0.2) is 35.2 Å². The second-order valence-corrected chi connectivity index (χ2v) is 6.26. The third-order valence-corrected chi connectivity index (χ3v) is 4.59. The maximum Gasteiger partial charge on any atom is 0.227 e. The van der Waals surface area contributed by atoms with Crippen LogP contribution < -0.4 is 5.32 Å². The van der Waals surface area contributed by atoms with Crippen LogP contribution in [0.25, 0.3) is 0 Å². The SMILES string of the molecule is CS(=O)c1c(Cl)cccc1NC(=O)C1CC=CCC1. The largest absolute Gasteiger partial charge is 0.325 e. The molecule has 5 heteroatoms. The number of carbonyl (C=O) groups excluding carboxylic acids is 1. The molecule has 1 amide bonds. The maximum atomic E-state index is 12.2. The highest BCUT2D eigenvalue weighted by atomic mass is 35.5. The lowest BCUT2D eigenvalue weighted by molar-refractivity contribution is -0.120. The first-order valence-electron chi connectivity index (χ1n) is 6.17. The van der Waals surface area contributed by atoms with E-state index in [0.717, 1.165) is 19.3 Å². The average Bonchev–Trinajstić information content (AvgIpc) is 2.39. The summed E-state index contributed by atoms with van der Waals surface area (Å²) in [5, 5.41) is 3.27. The molecule has 0 fully saturated rings. The highest BCUT2D eigenvalue weighted by Gasteiger charge is 2.20. The molecule has 0 spiro atoms. The van der Waals surface area contributed by atoms with Gasteiger partial charge in [-0.25, -0.2) is 0 Å². The molecule has 1 aliphatic rings. The van der Waals surface area contributed by atoms with E-state index in [1.807, 2.05) is 6.08 Å². The molecule has 0 aliphatic heterocycles. The first-order chi connectivity index (χ1) is 9.09. The maximum absolute atomic E-state index is 12.2. The van der Waals surface area contributed by atoms with Crippen molar-refractivity contribution < 1.29 is 9.00 Å². The minimum atomic E-state index is -1.23. The van der Waals surface area contributed by atoms with Gasteiger partial charge in [0.2, 0.25) is 5.91 Å². The minimum absolute atomic E-state index is 0.0119. The normalized spacial score (nSPS) is 20.0. The predicted octanol–water partition coefficient (Wildman–Crippen LogP) is 3.37. The highest BCUT2D eigenvalue weighted by Crippen LogP contribution is 2.28. The molecular formula is C14H16ClNO2S. The summed E-state index contributed by atoms with van der Waals surface area (Å²) in [7, 11) is -1.23. The van der Waals surface area contributed by atoms with Crippen LogP contribution >= 0.6 is 11.6 Å². The van der Waals surface area contributed by atoms with E-state index in [4.69, 9.17) is 11.6 Å². The Bertz CT molecular complexity index is 542. The first kappa shape index (κ1) is 14.3. The van der Waals surface area contributed by atoms with Crippen LogP contribution in [0.2, 0.25) is 5.02 Å². The van der Waals surface area contributed by atoms with E-state index in [1.54, 1.807) is 24.5 Å². The van der Waals surface area contributed by atoms with Gasteiger partial charge in [-0.15, -0.1) is 0 Å². The molecular weight excluding hydrogens is 282 g/mol. The van der Waals surface area contributed by atoms with Crippen LogP contribution in [0, 0.1) is 5.92 Å². The molecule has 2 unspecified atom stereocenters. The molecule has 0 saturated heterocycles.